The fourth-order valence-corrected chi connectivity index (χ4v) is 4.51. The van der Waals surface area contributed by atoms with E-state index in [1.54, 1.807) is 12.5 Å². The zero-order chi connectivity index (χ0) is 18.1. The summed E-state index contributed by atoms with van der Waals surface area (Å²) in [5, 5.41) is 15.9. The van der Waals surface area contributed by atoms with Crippen LogP contribution in [-0.2, 0) is 0 Å². The van der Waals surface area contributed by atoms with Crippen LogP contribution >= 0.6 is 11.3 Å². The van der Waals surface area contributed by atoms with E-state index in [4.69, 9.17) is 0 Å². The summed E-state index contributed by atoms with van der Waals surface area (Å²) in [4.78, 5) is 21.6. The van der Waals surface area contributed by atoms with Crippen LogP contribution in [0.25, 0.3) is 15.9 Å². The molecule has 0 bridgehead atoms. The maximum atomic E-state index is 12.9. The predicted molar refractivity (Wildman–Crippen MR) is 102 cm³/mol. The van der Waals surface area contributed by atoms with Gasteiger partial charge in [-0.05, 0) is 61.4 Å². The van der Waals surface area contributed by atoms with Crippen molar-refractivity contribution in [3.63, 3.8) is 0 Å². The fourth-order valence-electron chi connectivity index (χ4n) is 3.64. The number of aliphatic hydroxyl groups is 1. The van der Waals surface area contributed by atoms with Gasteiger partial charge in [0.2, 0.25) is 0 Å². The van der Waals surface area contributed by atoms with Crippen molar-refractivity contribution < 1.29 is 9.90 Å². The van der Waals surface area contributed by atoms with Crippen molar-refractivity contribution >= 4 is 27.3 Å². The van der Waals surface area contributed by atoms with E-state index in [1.807, 2.05) is 35.2 Å². The molecule has 0 saturated heterocycles. The summed E-state index contributed by atoms with van der Waals surface area (Å²) in [6, 6.07) is 4.12. The van der Waals surface area contributed by atoms with E-state index in [-0.39, 0.29) is 18.1 Å². The minimum absolute atomic E-state index is 0.125. The van der Waals surface area contributed by atoms with Gasteiger partial charge >= 0.3 is 0 Å². The van der Waals surface area contributed by atoms with E-state index in [0.29, 0.717) is 17.4 Å². The number of fused-ring (bicyclic) bond motifs is 1. The number of hydrogen-bond donors (Lipinski definition) is 2. The number of nitrogens with zero attached hydrogens (tertiary/aromatic N) is 3. The van der Waals surface area contributed by atoms with Crippen molar-refractivity contribution in [1.82, 2.24) is 19.9 Å². The summed E-state index contributed by atoms with van der Waals surface area (Å²) < 4.78 is 2.71. The molecule has 3 aromatic rings. The second-order valence-electron chi connectivity index (χ2n) is 6.96. The highest BCUT2D eigenvalue weighted by molar-refractivity contribution is 7.17. The zero-order valence-corrected chi connectivity index (χ0v) is 15.4. The van der Waals surface area contributed by atoms with Crippen molar-refractivity contribution in [2.45, 2.75) is 44.8 Å². The molecule has 136 valence electrons. The molecular weight excluding hydrogens is 348 g/mol. The lowest BCUT2D eigenvalue weighted by Gasteiger charge is -2.30. The van der Waals surface area contributed by atoms with Gasteiger partial charge in [0.15, 0.2) is 0 Å². The van der Waals surface area contributed by atoms with Crippen LogP contribution in [0.15, 0.2) is 36.2 Å². The maximum Gasteiger partial charge on any atom is 0.271 e. The summed E-state index contributed by atoms with van der Waals surface area (Å²) >= 11 is 1.53. The Labute approximate surface area is 155 Å². The molecule has 1 aliphatic carbocycles. The van der Waals surface area contributed by atoms with Crippen LogP contribution in [0.4, 0.5) is 0 Å². The Kier molecular flexibility index (Phi) is 4.74. The molecule has 1 aliphatic rings. The number of carbonyl (C=O) groups excluding carboxylic acids is 1. The van der Waals surface area contributed by atoms with E-state index in [2.05, 4.69) is 15.3 Å². The molecule has 0 unspecified atom stereocenters. The van der Waals surface area contributed by atoms with Gasteiger partial charge in [0.1, 0.15) is 17.8 Å². The van der Waals surface area contributed by atoms with Crippen LogP contribution in [0.1, 0.15) is 43.1 Å². The molecule has 1 saturated carbocycles. The number of pyridine rings is 1. The van der Waals surface area contributed by atoms with E-state index in [1.165, 1.54) is 11.3 Å². The Hall–Kier alpha value is -2.25. The summed E-state index contributed by atoms with van der Waals surface area (Å²) in [5.74, 6) is 0.908. The van der Waals surface area contributed by atoms with Crippen molar-refractivity contribution in [2.24, 2.45) is 5.92 Å². The van der Waals surface area contributed by atoms with E-state index >= 15 is 0 Å². The second-order valence-corrected chi connectivity index (χ2v) is 7.88. The molecule has 1 amide bonds. The van der Waals surface area contributed by atoms with E-state index < -0.39 is 0 Å². The van der Waals surface area contributed by atoms with Crippen LogP contribution < -0.4 is 5.32 Å². The number of hydrogen-bond acceptors (Lipinski definition) is 5. The number of carbonyl (C=O) groups is 1. The van der Waals surface area contributed by atoms with Gasteiger partial charge in [-0.1, -0.05) is 0 Å². The lowest BCUT2D eigenvalue weighted by Crippen LogP contribution is -2.39. The minimum atomic E-state index is -0.272. The third kappa shape index (κ3) is 3.37. The molecule has 1 fully saturated rings. The predicted octanol–water partition coefficient (Wildman–Crippen LogP) is 3.15. The summed E-state index contributed by atoms with van der Waals surface area (Å²) in [7, 11) is 0. The number of amides is 1. The zero-order valence-electron chi connectivity index (χ0n) is 14.6. The highest BCUT2D eigenvalue weighted by atomic mass is 32.1. The fraction of sp³-hybridized carbons (Fsp3) is 0.421. The Morgan fingerprint density at radius 1 is 1.38 bits per heavy atom. The Balaban J connectivity index is 1.56. The van der Waals surface area contributed by atoms with Gasteiger partial charge in [0.25, 0.3) is 5.91 Å². The largest absolute Gasteiger partial charge is 0.393 e. The second kappa shape index (κ2) is 7.17. The lowest BCUT2D eigenvalue weighted by molar-refractivity contribution is 0.0830. The van der Waals surface area contributed by atoms with Crippen LogP contribution in [0.5, 0.6) is 0 Å². The smallest absolute Gasteiger partial charge is 0.271 e. The highest BCUT2D eigenvalue weighted by Gasteiger charge is 2.26. The van der Waals surface area contributed by atoms with Crippen LogP contribution in [0.2, 0.25) is 0 Å². The first-order chi connectivity index (χ1) is 12.6. The van der Waals surface area contributed by atoms with Gasteiger partial charge in [-0.3, -0.25) is 9.36 Å². The topological polar surface area (TPSA) is 80.0 Å². The normalized spacial score (nSPS) is 21.6. The van der Waals surface area contributed by atoms with Crippen molar-refractivity contribution in [3.8, 4) is 5.82 Å². The average molecular weight is 370 g/mol. The molecule has 6 nitrogen and oxygen atoms in total. The van der Waals surface area contributed by atoms with Crippen molar-refractivity contribution in [2.75, 3.05) is 0 Å². The summed E-state index contributed by atoms with van der Waals surface area (Å²) in [6.45, 7) is 1.85. The molecule has 7 heteroatoms. The average Bonchev–Trinajstić information content (AvgIpc) is 3.32. The number of aliphatic hydroxyl groups excluding tert-OH is 1. The number of nitrogens with one attached hydrogen (secondary N) is 1. The molecule has 3 aromatic heterocycles. The lowest BCUT2D eigenvalue weighted by atomic mass is 9.83. The van der Waals surface area contributed by atoms with Gasteiger partial charge in [0.05, 0.1) is 10.8 Å². The van der Waals surface area contributed by atoms with E-state index in [9.17, 15) is 9.90 Å². The molecule has 1 atom stereocenters. The number of rotatable bonds is 4. The van der Waals surface area contributed by atoms with Gasteiger partial charge < -0.3 is 10.4 Å². The van der Waals surface area contributed by atoms with Crippen molar-refractivity contribution in [1.29, 1.82) is 0 Å². The first-order valence-electron chi connectivity index (χ1n) is 8.97. The molecule has 0 spiro atoms. The Morgan fingerprint density at radius 2 is 2.19 bits per heavy atom. The van der Waals surface area contributed by atoms with Crippen LogP contribution in [0, 0.1) is 5.92 Å². The van der Waals surface area contributed by atoms with E-state index in [0.717, 1.165) is 35.8 Å². The number of thiophene rings is 1. The van der Waals surface area contributed by atoms with Crippen molar-refractivity contribution in [3.05, 3.63) is 41.9 Å². The highest BCUT2D eigenvalue weighted by Crippen LogP contribution is 2.29. The first-order valence-corrected chi connectivity index (χ1v) is 9.85. The molecule has 0 radical (unpaired) electrons. The third-order valence-corrected chi connectivity index (χ3v) is 6.13. The molecule has 4 rings (SSSR count). The van der Waals surface area contributed by atoms with Gasteiger partial charge in [0, 0.05) is 18.4 Å². The molecule has 26 heavy (non-hydrogen) atoms. The Bertz CT molecular complexity index is 896. The van der Waals surface area contributed by atoms with Gasteiger partial charge in [-0.25, -0.2) is 9.97 Å². The molecular formula is C19H22N4O2S. The van der Waals surface area contributed by atoms with Gasteiger partial charge in [-0.2, -0.15) is 0 Å². The van der Waals surface area contributed by atoms with Gasteiger partial charge in [-0.15, -0.1) is 11.3 Å². The number of aromatic nitrogens is 3. The standard InChI is InChI=1S/C19H22N4O2S/c1-12(24)13-2-4-15(5-3-13)21-19(25)17-18-14(6-9-26-18)10-16(22-17)23-8-7-20-11-23/h6-13,15,24H,2-5H2,1H3,(H,21,25)/t12-,13-,15-/m0/s1. The first kappa shape index (κ1) is 17.2. The number of imidazole rings is 1. The molecule has 2 N–H and O–H groups in total. The third-order valence-electron chi connectivity index (χ3n) is 5.20. The Morgan fingerprint density at radius 3 is 2.88 bits per heavy atom. The quantitative estimate of drug-likeness (QED) is 0.739. The van der Waals surface area contributed by atoms with Crippen LogP contribution in [-0.4, -0.2) is 37.7 Å². The molecule has 3 heterocycles. The maximum absolute atomic E-state index is 12.9. The molecule has 0 aliphatic heterocycles. The minimum Gasteiger partial charge on any atom is -0.393 e. The summed E-state index contributed by atoms with van der Waals surface area (Å²) in [5.41, 5.74) is 0.471. The molecule has 0 aromatic carbocycles. The SMILES string of the molecule is C[C@H](O)[C@H]1CC[C@H](NC(=O)c2nc(-n3ccnc3)cc3ccsc23)CC1. The monoisotopic (exact) mass is 370 g/mol. The summed E-state index contributed by atoms with van der Waals surface area (Å²) in [6.07, 6.45) is 8.61. The van der Waals surface area contributed by atoms with Crippen LogP contribution in [0.3, 0.4) is 0 Å².